The lowest BCUT2D eigenvalue weighted by atomic mass is 10.2. The van der Waals surface area contributed by atoms with Crippen LogP contribution in [0.1, 0.15) is 25.8 Å². The average molecular weight is 262 g/mol. The molecule has 19 heavy (non-hydrogen) atoms. The molecule has 0 fully saturated rings. The van der Waals surface area contributed by atoms with Gasteiger partial charge in [0.15, 0.2) is 0 Å². The molecule has 4 heteroatoms. The van der Waals surface area contributed by atoms with E-state index < -0.39 is 6.10 Å². The summed E-state index contributed by atoms with van der Waals surface area (Å²) in [5.41, 5.74) is 0.605. The smallest absolute Gasteiger partial charge is 0.119 e. The summed E-state index contributed by atoms with van der Waals surface area (Å²) >= 11 is 0. The van der Waals surface area contributed by atoms with E-state index in [4.69, 9.17) is 10.00 Å². The summed E-state index contributed by atoms with van der Waals surface area (Å²) in [5, 5.41) is 18.6. The van der Waals surface area contributed by atoms with Crippen LogP contribution in [0.15, 0.2) is 24.3 Å². The molecule has 0 saturated heterocycles. The first-order valence-corrected chi connectivity index (χ1v) is 6.73. The van der Waals surface area contributed by atoms with Crippen molar-refractivity contribution in [2.24, 2.45) is 0 Å². The van der Waals surface area contributed by atoms with Crippen molar-refractivity contribution in [2.75, 3.05) is 26.2 Å². The van der Waals surface area contributed by atoms with Crippen LogP contribution in [0, 0.1) is 11.3 Å². The first kappa shape index (κ1) is 15.5. The Morgan fingerprint density at radius 3 is 2.53 bits per heavy atom. The first-order chi connectivity index (χ1) is 9.19. The zero-order valence-corrected chi connectivity index (χ0v) is 11.7. The SMILES string of the molecule is CCCN(CC)CC(O)COc1ccc(C#N)cc1. The van der Waals surface area contributed by atoms with Crippen molar-refractivity contribution in [3.63, 3.8) is 0 Å². The first-order valence-electron chi connectivity index (χ1n) is 6.73. The largest absolute Gasteiger partial charge is 0.491 e. The molecule has 4 nitrogen and oxygen atoms in total. The van der Waals surface area contributed by atoms with E-state index in [9.17, 15) is 5.11 Å². The predicted molar refractivity (Wildman–Crippen MR) is 75.1 cm³/mol. The van der Waals surface area contributed by atoms with Crippen LogP contribution in [0.25, 0.3) is 0 Å². The summed E-state index contributed by atoms with van der Waals surface area (Å²) < 4.78 is 5.50. The number of ether oxygens (including phenoxy) is 1. The normalized spacial score (nSPS) is 12.2. The molecule has 0 spiro atoms. The third-order valence-corrected chi connectivity index (χ3v) is 2.88. The molecule has 0 radical (unpaired) electrons. The van der Waals surface area contributed by atoms with Gasteiger partial charge in [0, 0.05) is 6.54 Å². The Balaban J connectivity index is 2.36. The van der Waals surface area contributed by atoms with Crippen LogP contribution in [0.5, 0.6) is 5.75 Å². The molecule has 1 atom stereocenters. The van der Waals surface area contributed by atoms with E-state index in [2.05, 4.69) is 24.8 Å². The lowest BCUT2D eigenvalue weighted by Gasteiger charge is -2.23. The number of hydrogen-bond donors (Lipinski definition) is 1. The van der Waals surface area contributed by atoms with Crippen molar-refractivity contribution in [1.82, 2.24) is 4.90 Å². The van der Waals surface area contributed by atoms with E-state index in [0.717, 1.165) is 19.5 Å². The van der Waals surface area contributed by atoms with Gasteiger partial charge in [0.05, 0.1) is 11.6 Å². The fraction of sp³-hybridized carbons (Fsp3) is 0.533. The highest BCUT2D eigenvalue weighted by Gasteiger charge is 2.10. The molecular formula is C15H22N2O2. The van der Waals surface area contributed by atoms with Crippen LogP contribution >= 0.6 is 0 Å². The van der Waals surface area contributed by atoms with Gasteiger partial charge >= 0.3 is 0 Å². The standard InChI is InChI=1S/C15H22N2O2/c1-3-9-17(4-2)11-14(18)12-19-15-7-5-13(10-16)6-8-15/h5-8,14,18H,3-4,9,11-12H2,1-2H3. The summed E-state index contributed by atoms with van der Waals surface area (Å²) in [4.78, 5) is 2.20. The van der Waals surface area contributed by atoms with Crippen molar-refractivity contribution in [3.05, 3.63) is 29.8 Å². The topological polar surface area (TPSA) is 56.5 Å². The zero-order chi connectivity index (χ0) is 14.1. The van der Waals surface area contributed by atoms with E-state index in [-0.39, 0.29) is 6.61 Å². The molecule has 1 aromatic rings. The predicted octanol–water partition coefficient (Wildman–Crippen LogP) is 2.03. The second-order valence-corrected chi connectivity index (χ2v) is 4.49. The van der Waals surface area contributed by atoms with Crippen molar-refractivity contribution in [3.8, 4) is 11.8 Å². The molecule has 1 unspecified atom stereocenters. The van der Waals surface area contributed by atoms with Crippen molar-refractivity contribution in [2.45, 2.75) is 26.4 Å². The van der Waals surface area contributed by atoms with Gasteiger partial charge in [0.25, 0.3) is 0 Å². The quantitative estimate of drug-likeness (QED) is 0.779. The fourth-order valence-electron chi connectivity index (χ4n) is 1.86. The summed E-state index contributed by atoms with van der Waals surface area (Å²) in [7, 11) is 0. The van der Waals surface area contributed by atoms with E-state index in [1.807, 2.05) is 0 Å². The molecule has 1 aromatic carbocycles. The molecule has 1 N–H and O–H groups in total. The van der Waals surface area contributed by atoms with Crippen LogP contribution in [0.2, 0.25) is 0 Å². The lowest BCUT2D eigenvalue weighted by Crippen LogP contribution is -2.36. The summed E-state index contributed by atoms with van der Waals surface area (Å²) in [6.07, 6.45) is 0.582. The van der Waals surface area contributed by atoms with Gasteiger partial charge < -0.3 is 14.7 Å². The number of likely N-dealkylation sites (N-methyl/N-ethyl adjacent to an activating group) is 1. The van der Waals surface area contributed by atoms with E-state index in [1.54, 1.807) is 24.3 Å². The fourth-order valence-corrected chi connectivity index (χ4v) is 1.86. The number of aliphatic hydroxyl groups excluding tert-OH is 1. The van der Waals surface area contributed by atoms with E-state index >= 15 is 0 Å². The Kier molecular flexibility index (Phi) is 6.94. The summed E-state index contributed by atoms with van der Waals surface area (Å²) in [5.74, 6) is 0.677. The average Bonchev–Trinajstić information content (AvgIpc) is 2.45. The molecule has 0 amide bonds. The van der Waals surface area contributed by atoms with E-state index in [0.29, 0.717) is 17.9 Å². The number of nitriles is 1. The van der Waals surface area contributed by atoms with Crippen LogP contribution in [0.4, 0.5) is 0 Å². The van der Waals surface area contributed by atoms with Gasteiger partial charge in [-0.05, 0) is 43.8 Å². The molecule has 0 heterocycles. The highest BCUT2D eigenvalue weighted by atomic mass is 16.5. The molecule has 1 rings (SSSR count). The van der Waals surface area contributed by atoms with Gasteiger partial charge in [-0.3, -0.25) is 0 Å². The monoisotopic (exact) mass is 262 g/mol. The van der Waals surface area contributed by atoms with Gasteiger partial charge in [-0.15, -0.1) is 0 Å². The molecular weight excluding hydrogens is 240 g/mol. The molecule has 0 aliphatic heterocycles. The van der Waals surface area contributed by atoms with Crippen molar-refractivity contribution in [1.29, 1.82) is 5.26 Å². The van der Waals surface area contributed by atoms with Gasteiger partial charge in [-0.25, -0.2) is 0 Å². The second-order valence-electron chi connectivity index (χ2n) is 4.49. The number of nitrogens with zero attached hydrogens (tertiary/aromatic N) is 2. The number of benzene rings is 1. The molecule has 0 aliphatic rings. The molecule has 104 valence electrons. The van der Waals surface area contributed by atoms with Gasteiger partial charge in [0.1, 0.15) is 18.5 Å². The summed E-state index contributed by atoms with van der Waals surface area (Å²) in [6, 6.07) is 8.96. The highest BCUT2D eigenvalue weighted by molar-refractivity contribution is 5.34. The Hall–Kier alpha value is -1.57. The molecule has 0 bridgehead atoms. The number of rotatable bonds is 8. The number of aliphatic hydroxyl groups is 1. The maximum atomic E-state index is 9.92. The minimum absolute atomic E-state index is 0.270. The minimum Gasteiger partial charge on any atom is -0.491 e. The van der Waals surface area contributed by atoms with Crippen LogP contribution in [-0.2, 0) is 0 Å². The molecule has 0 saturated carbocycles. The Morgan fingerprint density at radius 2 is 2.00 bits per heavy atom. The van der Waals surface area contributed by atoms with Crippen molar-refractivity contribution < 1.29 is 9.84 Å². The van der Waals surface area contributed by atoms with Crippen LogP contribution in [0.3, 0.4) is 0 Å². The van der Waals surface area contributed by atoms with Gasteiger partial charge in [-0.2, -0.15) is 5.26 Å². The van der Waals surface area contributed by atoms with E-state index in [1.165, 1.54) is 0 Å². The Morgan fingerprint density at radius 1 is 1.32 bits per heavy atom. The zero-order valence-electron chi connectivity index (χ0n) is 11.7. The van der Waals surface area contributed by atoms with Crippen molar-refractivity contribution >= 4 is 0 Å². The minimum atomic E-state index is -0.498. The Bertz CT molecular complexity index is 398. The molecule has 0 aromatic heterocycles. The second kappa shape index (κ2) is 8.52. The summed E-state index contributed by atoms with van der Waals surface area (Å²) in [6.45, 7) is 7.03. The maximum absolute atomic E-state index is 9.92. The van der Waals surface area contributed by atoms with Gasteiger partial charge in [-0.1, -0.05) is 13.8 Å². The number of hydrogen-bond acceptors (Lipinski definition) is 4. The third kappa shape index (κ3) is 5.73. The maximum Gasteiger partial charge on any atom is 0.119 e. The Labute approximate surface area is 115 Å². The van der Waals surface area contributed by atoms with Gasteiger partial charge in [0.2, 0.25) is 0 Å². The van der Waals surface area contributed by atoms with Crippen LogP contribution in [-0.4, -0.2) is 42.4 Å². The molecule has 0 aliphatic carbocycles. The third-order valence-electron chi connectivity index (χ3n) is 2.88. The van der Waals surface area contributed by atoms with Crippen LogP contribution < -0.4 is 4.74 Å². The lowest BCUT2D eigenvalue weighted by molar-refractivity contribution is 0.0699. The highest BCUT2D eigenvalue weighted by Crippen LogP contribution is 2.11.